The maximum absolute atomic E-state index is 7.08. The minimum absolute atomic E-state index is 0.000475. The highest BCUT2D eigenvalue weighted by molar-refractivity contribution is 9.10. The number of rotatable bonds is 3. The maximum atomic E-state index is 7.08. The van der Waals surface area contributed by atoms with Crippen LogP contribution in [-0.2, 0) is 0 Å². The van der Waals surface area contributed by atoms with Crippen molar-refractivity contribution in [2.45, 2.75) is 0 Å². The van der Waals surface area contributed by atoms with Gasteiger partial charge in [0.15, 0.2) is 0 Å². The summed E-state index contributed by atoms with van der Waals surface area (Å²) in [6, 6.07) is 69.4. The van der Waals surface area contributed by atoms with E-state index in [-0.39, 0.29) is 13.4 Å². The molecule has 11 aromatic rings. The molecule has 4 heterocycles. The average molecular weight is 861 g/mol. The molecule has 4 aliphatic heterocycles. The molecule has 15 rings (SSSR count). The summed E-state index contributed by atoms with van der Waals surface area (Å²) in [4.78, 5) is 0. The molecule has 63 heavy (non-hydrogen) atoms. The SMILES string of the molecule is Brc1ccc2c(c1)Oc1cc(-c3ccccc3)cc3c1B2c1cc2ccc4c5c(cc6ccc-3c1c6c25)B1c2ccc(-c3ccccc3)cc2Oc2cc(-c3ccccc3)cc-4c21. The molecular weight excluding hydrogens is 830 g/mol. The summed E-state index contributed by atoms with van der Waals surface area (Å²) in [5.41, 5.74) is 19.6. The maximum Gasteiger partial charge on any atom is 0.252 e. The summed E-state index contributed by atoms with van der Waals surface area (Å²) in [5, 5.41) is 7.92. The van der Waals surface area contributed by atoms with Crippen LogP contribution in [0.25, 0.3) is 88.0 Å². The molecule has 2 nitrogen and oxygen atoms in total. The molecule has 0 spiro atoms. The lowest BCUT2D eigenvalue weighted by Crippen LogP contribution is -2.58. The third-order valence-electron chi connectivity index (χ3n) is 14.4. The van der Waals surface area contributed by atoms with Crippen LogP contribution < -0.4 is 42.3 Å². The van der Waals surface area contributed by atoms with E-state index in [2.05, 4.69) is 204 Å². The molecule has 0 aromatic heterocycles. The van der Waals surface area contributed by atoms with E-state index in [1.807, 2.05) is 0 Å². The van der Waals surface area contributed by atoms with Gasteiger partial charge in [0.25, 0.3) is 13.4 Å². The van der Waals surface area contributed by atoms with Crippen molar-refractivity contribution < 1.29 is 9.47 Å². The van der Waals surface area contributed by atoms with Crippen LogP contribution in [0.4, 0.5) is 0 Å². The molecular formula is C58H31B2BrO2. The third kappa shape index (κ3) is 4.65. The molecule has 4 aliphatic rings. The van der Waals surface area contributed by atoms with E-state index in [0.717, 1.165) is 44.2 Å². The van der Waals surface area contributed by atoms with Gasteiger partial charge in [0, 0.05) is 4.47 Å². The van der Waals surface area contributed by atoms with Gasteiger partial charge in [0.05, 0.1) is 0 Å². The Morgan fingerprint density at radius 1 is 0.302 bits per heavy atom. The molecule has 5 heteroatoms. The molecule has 0 N–H and O–H groups in total. The van der Waals surface area contributed by atoms with E-state index in [4.69, 9.17) is 9.47 Å². The lowest BCUT2D eigenvalue weighted by molar-refractivity contribution is 0.487. The van der Waals surface area contributed by atoms with Crippen LogP contribution in [0.1, 0.15) is 0 Å². The van der Waals surface area contributed by atoms with Crippen molar-refractivity contribution in [3.8, 4) is 78.6 Å². The van der Waals surface area contributed by atoms with Gasteiger partial charge in [0.1, 0.15) is 23.0 Å². The quantitative estimate of drug-likeness (QED) is 0.130. The number of ether oxygens (including phenoxy) is 2. The Balaban J connectivity index is 1.05. The van der Waals surface area contributed by atoms with Crippen LogP contribution >= 0.6 is 15.9 Å². The van der Waals surface area contributed by atoms with Crippen molar-refractivity contribution in [2.24, 2.45) is 0 Å². The van der Waals surface area contributed by atoms with Gasteiger partial charge in [-0.2, -0.15) is 0 Å². The van der Waals surface area contributed by atoms with Gasteiger partial charge < -0.3 is 9.47 Å². The van der Waals surface area contributed by atoms with E-state index in [1.54, 1.807) is 0 Å². The first-order valence-corrected chi connectivity index (χ1v) is 22.5. The Labute approximate surface area is 373 Å². The molecule has 0 saturated heterocycles. The Kier molecular flexibility index (Phi) is 6.75. The van der Waals surface area contributed by atoms with Crippen molar-refractivity contribution in [1.82, 2.24) is 0 Å². The lowest BCUT2D eigenvalue weighted by Gasteiger charge is -2.37. The molecule has 0 fully saturated rings. The fourth-order valence-corrected chi connectivity index (χ4v) is 12.1. The average Bonchev–Trinajstić information content (AvgIpc) is 3.33. The Morgan fingerprint density at radius 2 is 0.746 bits per heavy atom. The van der Waals surface area contributed by atoms with Crippen molar-refractivity contribution in [3.05, 3.63) is 193 Å². The number of halogens is 1. The summed E-state index contributed by atoms with van der Waals surface area (Å²) >= 11 is 3.77. The summed E-state index contributed by atoms with van der Waals surface area (Å²) in [6.45, 7) is 0.0163. The van der Waals surface area contributed by atoms with Crippen LogP contribution in [0.15, 0.2) is 193 Å². The summed E-state index contributed by atoms with van der Waals surface area (Å²) < 4.78 is 15.0. The number of fused-ring (bicyclic) bond motifs is 8. The topological polar surface area (TPSA) is 18.5 Å². The van der Waals surface area contributed by atoms with Gasteiger partial charge in [-0.05, 0) is 152 Å². The van der Waals surface area contributed by atoms with E-state index < -0.39 is 0 Å². The predicted octanol–water partition coefficient (Wildman–Crippen LogP) is 11.6. The first kappa shape index (κ1) is 34.3. The second kappa shape index (κ2) is 12.4. The molecule has 288 valence electrons. The highest BCUT2D eigenvalue weighted by Gasteiger charge is 2.43. The molecule has 0 saturated carbocycles. The molecule has 0 aliphatic carbocycles. The standard InChI is InChI=1S/C58H31B2BrO2/c61-40-19-23-46-50(31-40)63-52-30-39(34-14-8-3-9-15-34)25-44-42-21-16-36-26-47-55-41(20-17-37-27-48(60(46)58(44)52)56(42)54(36)53(37)55)43-24-38(33-12-6-2-7-13-33)29-51-57(43)59(47)45-22-18-35(28-49(45)62-51)32-10-4-1-5-11-32/h1-31H. The zero-order valence-electron chi connectivity index (χ0n) is 33.7. The van der Waals surface area contributed by atoms with Gasteiger partial charge in [-0.25, -0.2) is 0 Å². The third-order valence-corrected chi connectivity index (χ3v) is 14.9. The fourth-order valence-electron chi connectivity index (χ4n) is 11.8. The predicted molar refractivity (Wildman–Crippen MR) is 267 cm³/mol. The van der Waals surface area contributed by atoms with E-state index in [9.17, 15) is 0 Å². The van der Waals surface area contributed by atoms with Crippen molar-refractivity contribution in [1.29, 1.82) is 0 Å². The van der Waals surface area contributed by atoms with Crippen LogP contribution in [0.3, 0.4) is 0 Å². The highest BCUT2D eigenvalue weighted by Crippen LogP contribution is 2.48. The monoisotopic (exact) mass is 860 g/mol. The van der Waals surface area contributed by atoms with Crippen molar-refractivity contribution in [3.63, 3.8) is 0 Å². The summed E-state index contributed by atoms with van der Waals surface area (Å²) in [6.07, 6.45) is 0. The van der Waals surface area contributed by atoms with Crippen LogP contribution in [-0.4, -0.2) is 13.4 Å². The van der Waals surface area contributed by atoms with Crippen LogP contribution in [0.5, 0.6) is 23.0 Å². The van der Waals surface area contributed by atoms with Crippen LogP contribution in [0.2, 0.25) is 0 Å². The van der Waals surface area contributed by atoms with Gasteiger partial charge >= 0.3 is 0 Å². The normalized spacial score (nSPS) is 13.3. The summed E-state index contributed by atoms with van der Waals surface area (Å²) in [7, 11) is 0. The van der Waals surface area contributed by atoms with Gasteiger partial charge in [-0.1, -0.05) is 172 Å². The number of benzene rings is 11. The highest BCUT2D eigenvalue weighted by atomic mass is 79.9. The molecule has 0 unspecified atom stereocenters. The molecule has 0 bridgehead atoms. The van der Waals surface area contributed by atoms with Crippen LogP contribution in [0, 0.1) is 0 Å². The zero-order chi connectivity index (χ0) is 41.1. The number of hydrogen-bond donors (Lipinski definition) is 0. The lowest BCUT2D eigenvalue weighted by atomic mass is 9.32. The molecule has 11 aromatic carbocycles. The Hall–Kier alpha value is -7.33. The van der Waals surface area contributed by atoms with E-state index in [1.165, 1.54) is 104 Å². The largest absolute Gasteiger partial charge is 0.458 e. The minimum atomic E-state index is -0.000475. The number of hydrogen-bond acceptors (Lipinski definition) is 2. The minimum Gasteiger partial charge on any atom is -0.458 e. The van der Waals surface area contributed by atoms with E-state index in [0.29, 0.717) is 0 Å². The Morgan fingerprint density at radius 3 is 1.25 bits per heavy atom. The fraction of sp³-hybridized carbons (Fsp3) is 0. The Bertz CT molecular complexity index is 3810. The van der Waals surface area contributed by atoms with Gasteiger partial charge in [-0.15, -0.1) is 0 Å². The second-order valence-electron chi connectivity index (χ2n) is 17.6. The molecule has 0 amide bonds. The van der Waals surface area contributed by atoms with Crippen molar-refractivity contribution >= 4 is 94.4 Å². The smallest absolute Gasteiger partial charge is 0.252 e. The van der Waals surface area contributed by atoms with Crippen molar-refractivity contribution in [2.75, 3.05) is 0 Å². The van der Waals surface area contributed by atoms with Gasteiger partial charge in [-0.3, -0.25) is 0 Å². The second-order valence-corrected chi connectivity index (χ2v) is 18.5. The molecule has 0 atom stereocenters. The molecule has 0 radical (unpaired) electrons. The van der Waals surface area contributed by atoms with E-state index >= 15 is 0 Å². The summed E-state index contributed by atoms with van der Waals surface area (Å²) in [5.74, 6) is 3.69. The zero-order valence-corrected chi connectivity index (χ0v) is 35.3. The van der Waals surface area contributed by atoms with Gasteiger partial charge in [0.2, 0.25) is 0 Å². The first-order chi connectivity index (χ1) is 31.1. The first-order valence-electron chi connectivity index (χ1n) is 21.7.